The first-order valence-corrected chi connectivity index (χ1v) is 8.53. The fourth-order valence-electron chi connectivity index (χ4n) is 2.98. The van der Waals surface area contributed by atoms with Crippen LogP contribution in [0.3, 0.4) is 0 Å². The molecule has 0 saturated carbocycles. The summed E-state index contributed by atoms with van der Waals surface area (Å²) in [5.74, 6) is 0.976. The molecule has 3 rings (SSSR count). The molecule has 0 N–H and O–H groups in total. The number of nitrogens with zero attached hydrogens (tertiary/aromatic N) is 2. The van der Waals surface area contributed by atoms with Crippen molar-refractivity contribution >= 4 is 30.5 Å². The first-order valence-electron chi connectivity index (χ1n) is 8.53. The van der Waals surface area contributed by atoms with Crippen LogP contribution in [0.4, 0.5) is 5.69 Å². The van der Waals surface area contributed by atoms with Crippen LogP contribution in [0.15, 0.2) is 54.6 Å². The Morgan fingerprint density at radius 2 is 1.48 bits per heavy atom. The van der Waals surface area contributed by atoms with Gasteiger partial charge in [-0.15, -0.1) is 24.8 Å². The van der Waals surface area contributed by atoms with Crippen LogP contribution in [-0.2, 0) is 0 Å². The van der Waals surface area contributed by atoms with E-state index in [0.717, 1.165) is 51.5 Å². The topological polar surface area (TPSA) is 15.7 Å². The third-order valence-corrected chi connectivity index (χ3v) is 4.40. The summed E-state index contributed by atoms with van der Waals surface area (Å²) in [7, 11) is 0. The maximum absolute atomic E-state index is 5.81. The van der Waals surface area contributed by atoms with Gasteiger partial charge >= 0.3 is 0 Å². The van der Waals surface area contributed by atoms with Crippen molar-refractivity contribution in [1.29, 1.82) is 0 Å². The second-order valence-corrected chi connectivity index (χ2v) is 6.18. The minimum Gasteiger partial charge on any atom is -0.494 e. The zero-order valence-electron chi connectivity index (χ0n) is 14.8. The molecule has 2 aromatic rings. The number of anilines is 1. The van der Waals surface area contributed by atoms with E-state index in [1.807, 2.05) is 12.1 Å². The third kappa shape index (κ3) is 6.77. The van der Waals surface area contributed by atoms with E-state index in [-0.39, 0.29) is 24.8 Å². The van der Waals surface area contributed by atoms with Crippen LogP contribution in [0, 0.1) is 6.92 Å². The van der Waals surface area contributed by atoms with Gasteiger partial charge in [0.25, 0.3) is 0 Å². The zero-order chi connectivity index (χ0) is 15.9. The van der Waals surface area contributed by atoms with Crippen LogP contribution in [0.5, 0.6) is 5.75 Å². The first kappa shape index (κ1) is 21.6. The van der Waals surface area contributed by atoms with Gasteiger partial charge in [0.05, 0.1) is 6.61 Å². The van der Waals surface area contributed by atoms with Gasteiger partial charge in [0.2, 0.25) is 0 Å². The highest BCUT2D eigenvalue weighted by molar-refractivity contribution is 5.85. The molecular weight excluding hydrogens is 355 g/mol. The van der Waals surface area contributed by atoms with Crippen LogP contribution < -0.4 is 9.64 Å². The van der Waals surface area contributed by atoms with Crippen LogP contribution in [0.1, 0.15) is 12.0 Å². The molecule has 138 valence electrons. The molecule has 1 saturated heterocycles. The fraction of sp³-hybridized carbons (Fsp3) is 0.400. The Kier molecular flexibility index (Phi) is 9.73. The average Bonchev–Trinajstić information content (AvgIpc) is 2.62. The van der Waals surface area contributed by atoms with Gasteiger partial charge in [0, 0.05) is 38.4 Å². The number of halogens is 2. The second-order valence-electron chi connectivity index (χ2n) is 6.18. The standard InChI is InChI=1S/C20H26N2O.2ClH/c1-18-8-10-20(11-9-18)23-17-5-12-21-13-15-22(16-14-21)19-6-3-2-4-7-19;;/h2-4,6-11H,5,12-17H2,1H3;2*1H. The van der Waals surface area contributed by atoms with E-state index < -0.39 is 0 Å². The highest BCUT2D eigenvalue weighted by atomic mass is 35.5. The number of hydrogen-bond donors (Lipinski definition) is 0. The summed E-state index contributed by atoms with van der Waals surface area (Å²) in [5.41, 5.74) is 2.61. The van der Waals surface area contributed by atoms with Crippen molar-refractivity contribution < 1.29 is 4.74 Å². The summed E-state index contributed by atoms with van der Waals surface area (Å²) >= 11 is 0. The summed E-state index contributed by atoms with van der Waals surface area (Å²) in [5, 5.41) is 0. The fourth-order valence-corrected chi connectivity index (χ4v) is 2.98. The Labute approximate surface area is 163 Å². The van der Waals surface area contributed by atoms with Crippen molar-refractivity contribution in [2.75, 3.05) is 44.2 Å². The van der Waals surface area contributed by atoms with E-state index in [4.69, 9.17) is 4.74 Å². The van der Waals surface area contributed by atoms with E-state index in [0.29, 0.717) is 0 Å². The van der Waals surface area contributed by atoms with Crippen LogP contribution in [-0.4, -0.2) is 44.2 Å². The van der Waals surface area contributed by atoms with Gasteiger partial charge in [-0.05, 0) is 37.6 Å². The summed E-state index contributed by atoms with van der Waals surface area (Å²) < 4.78 is 5.81. The van der Waals surface area contributed by atoms with Crippen LogP contribution >= 0.6 is 24.8 Å². The largest absolute Gasteiger partial charge is 0.494 e. The molecular formula is C20H28Cl2N2O. The molecule has 0 atom stereocenters. The number of ether oxygens (including phenoxy) is 1. The number of piperazine rings is 1. The van der Waals surface area contributed by atoms with Crippen molar-refractivity contribution in [3.8, 4) is 5.75 Å². The molecule has 5 heteroatoms. The molecule has 0 amide bonds. The van der Waals surface area contributed by atoms with Gasteiger partial charge in [-0.1, -0.05) is 35.9 Å². The van der Waals surface area contributed by atoms with Crippen molar-refractivity contribution in [2.24, 2.45) is 0 Å². The Balaban J connectivity index is 0.00000156. The first-order chi connectivity index (χ1) is 11.3. The summed E-state index contributed by atoms with van der Waals surface area (Å²) in [6, 6.07) is 19.0. The van der Waals surface area contributed by atoms with Crippen LogP contribution in [0.25, 0.3) is 0 Å². The third-order valence-electron chi connectivity index (χ3n) is 4.40. The number of para-hydroxylation sites is 1. The highest BCUT2D eigenvalue weighted by Crippen LogP contribution is 2.16. The number of benzene rings is 2. The summed E-state index contributed by atoms with van der Waals surface area (Å²) in [6.07, 6.45) is 1.08. The Bertz CT molecular complexity index is 584. The SMILES string of the molecule is Cc1ccc(OCCCN2CCN(c3ccccc3)CC2)cc1.Cl.Cl. The predicted molar refractivity (Wildman–Crippen MR) is 111 cm³/mol. The molecule has 2 aromatic carbocycles. The molecule has 0 radical (unpaired) electrons. The molecule has 3 nitrogen and oxygen atoms in total. The van der Waals surface area contributed by atoms with Crippen molar-refractivity contribution in [3.63, 3.8) is 0 Å². The van der Waals surface area contributed by atoms with E-state index in [1.54, 1.807) is 0 Å². The molecule has 0 bridgehead atoms. The van der Waals surface area contributed by atoms with Gasteiger partial charge in [-0.3, -0.25) is 4.90 Å². The number of rotatable bonds is 6. The summed E-state index contributed by atoms with van der Waals surface area (Å²) in [6.45, 7) is 8.51. The van der Waals surface area contributed by atoms with Crippen molar-refractivity contribution in [3.05, 3.63) is 60.2 Å². The monoisotopic (exact) mass is 382 g/mol. The van der Waals surface area contributed by atoms with Gasteiger partial charge in [-0.2, -0.15) is 0 Å². The van der Waals surface area contributed by atoms with Crippen molar-refractivity contribution in [2.45, 2.75) is 13.3 Å². The lowest BCUT2D eigenvalue weighted by atomic mass is 10.2. The minimum atomic E-state index is 0. The quantitative estimate of drug-likeness (QED) is 0.687. The predicted octanol–water partition coefficient (Wildman–Crippen LogP) is 4.43. The molecule has 0 aromatic heterocycles. The lowest BCUT2D eigenvalue weighted by molar-refractivity contribution is 0.224. The highest BCUT2D eigenvalue weighted by Gasteiger charge is 2.16. The lowest BCUT2D eigenvalue weighted by Gasteiger charge is -2.36. The Hall–Kier alpha value is -1.42. The molecule has 0 aliphatic carbocycles. The maximum atomic E-state index is 5.81. The number of hydrogen-bond acceptors (Lipinski definition) is 3. The van der Waals surface area contributed by atoms with E-state index in [1.165, 1.54) is 11.3 Å². The van der Waals surface area contributed by atoms with E-state index in [9.17, 15) is 0 Å². The molecule has 1 aliphatic heterocycles. The molecule has 1 aliphatic rings. The minimum absolute atomic E-state index is 0. The molecule has 1 fully saturated rings. The molecule has 0 spiro atoms. The lowest BCUT2D eigenvalue weighted by Crippen LogP contribution is -2.46. The zero-order valence-corrected chi connectivity index (χ0v) is 16.4. The Morgan fingerprint density at radius 1 is 0.840 bits per heavy atom. The average molecular weight is 383 g/mol. The van der Waals surface area contributed by atoms with Gasteiger partial charge in [-0.25, -0.2) is 0 Å². The molecule has 1 heterocycles. The molecule has 25 heavy (non-hydrogen) atoms. The van der Waals surface area contributed by atoms with E-state index in [2.05, 4.69) is 59.2 Å². The van der Waals surface area contributed by atoms with Gasteiger partial charge in [0.1, 0.15) is 5.75 Å². The number of aryl methyl sites for hydroxylation is 1. The normalized spacial score (nSPS) is 14.4. The molecule has 0 unspecified atom stereocenters. The maximum Gasteiger partial charge on any atom is 0.119 e. The second kappa shape index (κ2) is 11.2. The smallest absolute Gasteiger partial charge is 0.119 e. The van der Waals surface area contributed by atoms with E-state index >= 15 is 0 Å². The summed E-state index contributed by atoms with van der Waals surface area (Å²) in [4.78, 5) is 5.01. The van der Waals surface area contributed by atoms with Gasteiger partial charge < -0.3 is 9.64 Å². The van der Waals surface area contributed by atoms with Crippen molar-refractivity contribution in [1.82, 2.24) is 4.90 Å². The Morgan fingerprint density at radius 3 is 2.12 bits per heavy atom. The van der Waals surface area contributed by atoms with Gasteiger partial charge in [0.15, 0.2) is 0 Å². The van der Waals surface area contributed by atoms with Crippen LogP contribution in [0.2, 0.25) is 0 Å².